The van der Waals surface area contributed by atoms with E-state index >= 15 is 0 Å². The van der Waals surface area contributed by atoms with Crippen molar-refractivity contribution >= 4 is 11.5 Å². The molecule has 5 heteroatoms. The van der Waals surface area contributed by atoms with E-state index in [-0.39, 0.29) is 5.56 Å². The molecule has 0 aromatic carbocycles. The molecule has 0 unspecified atom stereocenters. The van der Waals surface area contributed by atoms with Gasteiger partial charge < -0.3 is 19.5 Å². The van der Waals surface area contributed by atoms with Crippen LogP contribution in [0.2, 0.25) is 0 Å². The lowest BCUT2D eigenvalue weighted by atomic mass is 9.89. The highest BCUT2D eigenvalue weighted by Gasteiger charge is 2.21. The first kappa shape index (κ1) is 16.4. The fraction of sp³-hybridized carbons (Fsp3) is 0.722. The van der Waals surface area contributed by atoms with Crippen molar-refractivity contribution in [2.24, 2.45) is 11.8 Å². The monoisotopic (exact) mass is 319 g/mol. The van der Waals surface area contributed by atoms with Crippen molar-refractivity contribution in [2.45, 2.75) is 33.1 Å². The average molecular weight is 319 g/mol. The van der Waals surface area contributed by atoms with Crippen LogP contribution in [-0.2, 0) is 4.74 Å². The van der Waals surface area contributed by atoms with Crippen molar-refractivity contribution in [1.82, 2.24) is 4.98 Å². The minimum absolute atomic E-state index is 0.00588. The number of aromatic amines is 1. The van der Waals surface area contributed by atoms with Crippen molar-refractivity contribution in [2.75, 3.05) is 49.2 Å². The fourth-order valence-corrected chi connectivity index (χ4v) is 3.72. The number of anilines is 2. The molecule has 1 N–H and O–H groups in total. The number of pyridine rings is 1. The molecule has 2 aliphatic rings. The van der Waals surface area contributed by atoms with E-state index in [4.69, 9.17) is 4.74 Å². The van der Waals surface area contributed by atoms with Crippen molar-refractivity contribution in [3.05, 3.63) is 22.5 Å². The summed E-state index contributed by atoms with van der Waals surface area (Å²) in [5.41, 5.74) is 1.02. The maximum Gasteiger partial charge on any atom is 0.251 e. The number of aromatic nitrogens is 1. The Morgan fingerprint density at radius 2 is 1.87 bits per heavy atom. The minimum atomic E-state index is -0.00588. The van der Waals surface area contributed by atoms with Crippen LogP contribution in [0.1, 0.15) is 33.1 Å². The van der Waals surface area contributed by atoms with Gasteiger partial charge >= 0.3 is 0 Å². The van der Waals surface area contributed by atoms with Gasteiger partial charge in [-0.25, -0.2) is 0 Å². The Morgan fingerprint density at radius 1 is 1.09 bits per heavy atom. The zero-order valence-corrected chi connectivity index (χ0v) is 14.4. The SMILES string of the molecule is CC(C)[C@@H]1CCCN(c2cc(N3CCOCC3)cc(=O)[nH]2)CC1. The third-order valence-electron chi connectivity index (χ3n) is 5.25. The van der Waals surface area contributed by atoms with Gasteiger partial charge in [0.1, 0.15) is 5.82 Å². The van der Waals surface area contributed by atoms with E-state index in [1.54, 1.807) is 6.07 Å². The van der Waals surface area contributed by atoms with Gasteiger partial charge in [0, 0.05) is 44.0 Å². The second-order valence-corrected chi connectivity index (χ2v) is 7.11. The number of hydrogen-bond donors (Lipinski definition) is 1. The lowest BCUT2D eigenvalue weighted by Crippen LogP contribution is -2.37. The van der Waals surface area contributed by atoms with Gasteiger partial charge in [0.05, 0.1) is 13.2 Å². The summed E-state index contributed by atoms with van der Waals surface area (Å²) in [5, 5.41) is 0. The molecule has 0 spiro atoms. The van der Waals surface area contributed by atoms with Crippen LogP contribution in [0.5, 0.6) is 0 Å². The summed E-state index contributed by atoms with van der Waals surface area (Å²) in [7, 11) is 0. The van der Waals surface area contributed by atoms with Crippen LogP contribution in [0, 0.1) is 11.8 Å². The summed E-state index contributed by atoms with van der Waals surface area (Å²) in [6.45, 7) is 9.90. The number of ether oxygens (including phenoxy) is 1. The quantitative estimate of drug-likeness (QED) is 0.930. The first-order valence-electron chi connectivity index (χ1n) is 8.95. The van der Waals surface area contributed by atoms with Crippen LogP contribution in [0.4, 0.5) is 11.5 Å². The van der Waals surface area contributed by atoms with E-state index < -0.39 is 0 Å². The van der Waals surface area contributed by atoms with Gasteiger partial charge in [-0.15, -0.1) is 0 Å². The van der Waals surface area contributed by atoms with Crippen molar-refractivity contribution in [3.8, 4) is 0 Å². The molecule has 1 atom stereocenters. The second-order valence-electron chi connectivity index (χ2n) is 7.11. The maximum atomic E-state index is 12.1. The smallest absolute Gasteiger partial charge is 0.251 e. The van der Waals surface area contributed by atoms with Crippen LogP contribution in [0.15, 0.2) is 16.9 Å². The predicted octanol–water partition coefficient (Wildman–Crippen LogP) is 2.47. The molecular formula is C18H29N3O2. The largest absolute Gasteiger partial charge is 0.378 e. The number of hydrogen-bond acceptors (Lipinski definition) is 4. The molecule has 0 aliphatic carbocycles. The molecule has 2 aliphatic heterocycles. The van der Waals surface area contributed by atoms with Crippen LogP contribution in [-0.4, -0.2) is 44.4 Å². The van der Waals surface area contributed by atoms with E-state index in [9.17, 15) is 4.79 Å². The third-order valence-corrected chi connectivity index (χ3v) is 5.25. The summed E-state index contributed by atoms with van der Waals surface area (Å²) in [4.78, 5) is 19.8. The number of rotatable bonds is 3. The molecule has 3 heterocycles. The summed E-state index contributed by atoms with van der Waals surface area (Å²) in [6.07, 6.45) is 3.70. The number of nitrogens with zero attached hydrogens (tertiary/aromatic N) is 2. The molecule has 2 saturated heterocycles. The van der Waals surface area contributed by atoms with Crippen molar-refractivity contribution < 1.29 is 4.74 Å². The highest BCUT2D eigenvalue weighted by Crippen LogP contribution is 2.27. The van der Waals surface area contributed by atoms with Crippen LogP contribution in [0.25, 0.3) is 0 Å². The molecule has 128 valence electrons. The molecule has 3 rings (SSSR count). The van der Waals surface area contributed by atoms with E-state index in [1.165, 1.54) is 19.3 Å². The van der Waals surface area contributed by atoms with Gasteiger partial charge in [0.15, 0.2) is 0 Å². The van der Waals surface area contributed by atoms with E-state index in [0.717, 1.165) is 62.7 Å². The van der Waals surface area contributed by atoms with Gasteiger partial charge in [-0.05, 0) is 31.1 Å². The third kappa shape index (κ3) is 4.08. The van der Waals surface area contributed by atoms with Gasteiger partial charge in [0.2, 0.25) is 0 Å². The standard InChI is InChI=1S/C18H29N3O2/c1-14(2)15-4-3-6-21(7-5-15)17-12-16(13-18(22)19-17)20-8-10-23-11-9-20/h12-15H,3-11H2,1-2H3,(H,19,22)/t15-/m1/s1. The highest BCUT2D eigenvalue weighted by molar-refractivity contribution is 5.55. The average Bonchev–Trinajstić information content (AvgIpc) is 2.81. The predicted molar refractivity (Wildman–Crippen MR) is 94.5 cm³/mol. The Bertz CT molecular complexity index is 564. The summed E-state index contributed by atoms with van der Waals surface area (Å²) < 4.78 is 5.41. The lowest BCUT2D eigenvalue weighted by Gasteiger charge is -2.30. The van der Waals surface area contributed by atoms with Gasteiger partial charge in [-0.2, -0.15) is 0 Å². The number of morpholine rings is 1. The zero-order valence-electron chi connectivity index (χ0n) is 14.4. The van der Waals surface area contributed by atoms with Gasteiger partial charge in [0.25, 0.3) is 5.56 Å². The van der Waals surface area contributed by atoms with Crippen LogP contribution in [0.3, 0.4) is 0 Å². The van der Waals surface area contributed by atoms with E-state index in [1.807, 2.05) is 0 Å². The van der Waals surface area contributed by atoms with Crippen LogP contribution < -0.4 is 15.4 Å². The number of H-pyrrole nitrogens is 1. The molecule has 1 aromatic heterocycles. The lowest BCUT2D eigenvalue weighted by molar-refractivity contribution is 0.122. The Balaban J connectivity index is 1.76. The Labute approximate surface area is 138 Å². The number of nitrogens with one attached hydrogen (secondary N) is 1. The first-order chi connectivity index (χ1) is 11.1. The topological polar surface area (TPSA) is 48.6 Å². The van der Waals surface area contributed by atoms with Gasteiger partial charge in [-0.3, -0.25) is 4.79 Å². The molecule has 1 aromatic rings. The van der Waals surface area contributed by atoms with Crippen LogP contribution >= 0.6 is 0 Å². The molecular weight excluding hydrogens is 290 g/mol. The minimum Gasteiger partial charge on any atom is -0.378 e. The molecule has 0 amide bonds. The molecule has 0 radical (unpaired) electrons. The highest BCUT2D eigenvalue weighted by atomic mass is 16.5. The second kappa shape index (κ2) is 7.39. The Kier molecular flexibility index (Phi) is 5.26. The molecule has 0 saturated carbocycles. The Morgan fingerprint density at radius 3 is 2.61 bits per heavy atom. The molecule has 2 fully saturated rings. The van der Waals surface area contributed by atoms with Crippen molar-refractivity contribution in [3.63, 3.8) is 0 Å². The molecule has 23 heavy (non-hydrogen) atoms. The fourth-order valence-electron chi connectivity index (χ4n) is 3.72. The summed E-state index contributed by atoms with van der Waals surface area (Å²) in [5.74, 6) is 2.52. The first-order valence-corrected chi connectivity index (χ1v) is 8.95. The normalized spacial score (nSPS) is 23.2. The van der Waals surface area contributed by atoms with E-state index in [2.05, 4.69) is 34.7 Å². The summed E-state index contributed by atoms with van der Waals surface area (Å²) >= 11 is 0. The van der Waals surface area contributed by atoms with E-state index in [0.29, 0.717) is 0 Å². The Hall–Kier alpha value is -1.49. The zero-order chi connectivity index (χ0) is 16.2. The summed E-state index contributed by atoms with van der Waals surface area (Å²) in [6, 6.07) is 3.85. The van der Waals surface area contributed by atoms with Crippen molar-refractivity contribution in [1.29, 1.82) is 0 Å². The molecule has 0 bridgehead atoms. The molecule has 5 nitrogen and oxygen atoms in total. The maximum absolute atomic E-state index is 12.1. The van der Waals surface area contributed by atoms with Gasteiger partial charge in [-0.1, -0.05) is 13.8 Å².